The highest BCUT2D eigenvalue weighted by molar-refractivity contribution is 5.99. The molecule has 0 radical (unpaired) electrons. The Hall–Kier alpha value is -3.56. The first-order valence-corrected chi connectivity index (χ1v) is 14.0. The largest absolute Gasteiger partial charge is 0.508 e. The lowest BCUT2D eigenvalue weighted by Crippen LogP contribution is -2.43. The van der Waals surface area contributed by atoms with E-state index in [1.165, 1.54) is 12.8 Å². The number of ether oxygens (including phenoxy) is 1. The molecular weight excluding hydrogens is 495 g/mol. The maximum Gasteiger partial charge on any atom is 0.319 e. The number of aromatic hydroxyl groups is 1. The van der Waals surface area contributed by atoms with Gasteiger partial charge in [-0.25, -0.2) is 4.39 Å². The van der Waals surface area contributed by atoms with Gasteiger partial charge in [0.15, 0.2) is 5.82 Å². The van der Waals surface area contributed by atoms with Crippen LogP contribution in [0.2, 0.25) is 0 Å². The van der Waals surface area contributed by atoms with Crippen molar-refractivity contribution in [3.05, 3.63) is 48.4 Å². The Morgan fingerprint density at radius 1 is 1.10 bits per heavy atom. The van der Waals surface area contributed by atoms with Crippen LogP contribution in [0.1, 0.15) is 38.5 Å². The predicted molar refractivity (Wildman–Crippen MR) is 150 cm³/mol. The molecule has 8 nitrogen and oxygen atoms in total. The van der Waals surface area contributed by atoms with Gasteiger partial charge in [0, 0.05) is 24.3 Å². The molecule has 3 fully saturated rings. The molecule has 3 saturated heterocycles. The molecule has 2 aromatic carbocycles. The molecule has 1 atom stereocenters. The fourth-order valence-corrected chi connectivity index (χ4v) is 6.72. The van der Waals surface area contributed by atoms with Crippen molar-refractivity contribution in [2.75, 3.05) is 38.1 Å². The maximum absolute atomic E-state index is 16.4. The van der Waals surface area contributed by atoms with Crippen LogP contribution in [-0.4, -0.2) is 69.3 Å². The highest BCUT2D eigenvalue weighted by atomic mass is 19.1. The summed E-state index contributed by atoms with van der Waals surface area (Å²) in [6.07, 6.45) is 8.23. The second kappa shape index (κ2) is 9.88. The van der Waals surface area contributed by atoms with Gasteiger partial charge in [-0.2, -0.15) is 9.97 Å². The minimum atomic E-state index is -0.554. The SMILES string of the molecule is Oc1cc(-c2ncc3c(NC4CCCNC4)nc(OCC45CCCN4CCC5)nc3c2F)c2ccccc2c1. The highest BCUT2D eigenvalue weighted by Crippen LogP contribution is 2.40. The zero-order chi connectivity index (χ0) is 26.4. The standard InChI is InChI=1S/C30H33FN6O2/c31-25-26(23-15-21(38)14-19-6-1-2-8-22(19)23)33-17-24-27(25)35-29(36-28(24)34-20-7-3-11-32-16-20)39-18-30-9-4-12-37(30)13-5-10-30/h1-2,6,8,14-15,17,20,32,38H,3-5,7,9-13,16,18H2,(H,34,35,36). The first-order chi connectivity index (χ1) is 19.1. The molecule has 7 rings (SSSR count). The summed E-state index contributed by atoms with van der Waals surface area (Å²) in [5, 5.41) is 19.4. The molecule has 0 saturated carbocycles. The van der Waals surface area contributed by atoms with Gasteiger partial charge < -0.3 is 20.5 Å². The van der Waals surface area contributed by atoms with Crippen LogP contribution in [-0.2, 0) is 0 Å². The molecule has 1 unspecified atom stereocenters. The molecule has 0 amide bonds. The molecular formula is C30H33FN6O2. The quantitative estimate of drug-likeness (QED) is 0.327. The van der Waals surface area contributed by atoms with Crippen LogP contribution in [0.25, 0.3) is 32.9 Å². The van der Waals surface area contributed by atoms with E-state index in [9.17, 15) is 5.11 Å². The molecule has 3 aliphatic heterocycles. The number of halogens is 1. The fraction of sp³-hybridized carbons (Fsp3) is 0.433. The summed E-state index contributed by atoms with van der Waals surface area (Å²) in [6, 6.07) is 11.1. The molecule has 0 aliphatic carbocycles. The smallest absolute Gasteiger partial charge is 0.319 e. The molecule has 9 heteroatoms. The van der Waals surface area contributed by atoms with Crippen LogP contribution in [0.15, 0.2) is 42.6 Å². The van der Waals surface area contributed by atoms with Crippen molar-refractivity contribution in [3.8, 4) is 23.0 Å². The van der Waals surface area contributed by atoms with Gasteiger partial charge in [0.2, 0.25) is 0 Å². The number of hydrogen-bond acceptors (Lipinski definition) is 8. The number of benzene rings is 2. The second-order valence-electron chi connectivity index (χ2n) is 11.1. The number of fused-ring (bicyclic) bond motifs is 3. The van der Waals surface area contributed by atoms with Crippen molar-refractivity contribution in [1.82, 2.24) is 25.2 Å². The van der Waals surface area contributed by atoms with Crippen molar-refractivity contribution < 1.29 is 14.2 Å². The van der Waals surface area contributed by atoms with Crippen LogP contribution in [0.4, 0.5) is 10.2 Å². The summed E-state index contributed by atoms with van der Waals surface area (Å²) in [5.41, 5.74) is 0.849. The number of nitrogens with zero attached hydrogens (tertiary/aromatic N) is 4. The highest BCUT2D eigenvalue weighted by Gasteiger charge is 2.45. The summed E-state index contributed by atoms with van der Waals surface area (Å²) in [7, 11) is 0. The molecule has 0 bridgehead atoms. The van der Waals surface area contributed by atoms with E-state index in [1.54, 1.807) is 18.3 Å². The Morgan fingerprint density at radius 2 is 1.95 bits per heavy atom. The molecule has 202 valence electrons. The molecule has 2 aromatic heterocycles. The van der Waals surface area contributed by atoms with Gasteiger partial charge in [-0.05, 0) is 81.1 Å². The minimum absolute atomic E-state index is 0.0294. The molecule has 3 N–H and O–H groups in total. The third-order valence-corrected chi connectivity index (χ3v) is 8.68. The number of anilines is 1. The number of phenols is 1. The summed E-state index contributed by atoms with van der Waals surface area (Å²) < 4.78 is 22.6. The summed E-state index contributed by atoms with van der Waals surface area (Å²) in [5.74, 6) is 0.0391. The van der Waals surface area contributed by atoms with E-state index in [0.29, 0.717) is 23.4 Å². The Bertz CT molecular complexity index is 1530. The first kappa shape index (κ1) is 24.5. The number of piperidine rings is 1. The lowest BCUT2D eigenvalue weighted by atomic mass is 9.95. The number of hydrogen-bond donors (Lipinski definition) is 3. The van der Waals surface area contributed by atoms with Crippen LogP contribution < -0.4 is 15.4 Å². The van der Waals surface area contributed by atoms with Crippen molar-refractivity contribution in [2.24, 2.45) is 0 Å². The summed E-state index contributed by atoms with van der Waals surface area (Å²) >= 11 is 0. The predicted octanol–water partition coefficient (Wildman–Crippen LogP) is 4.86. The Kier molecular flexibility index (Phi) is 6.20. The number of pyridine rings is 1. The van der Waals surface area contributed by atoms with Crippen molar-refractivity contribution in [1.29, 1.82) is 0 Å². The lowest BCUT2D eigenvalue weighted by molar-refractivity contribution is 0.108. The Labute approximate surface area is 226 Å². The number of rotatable bonds is 6. The first-order valence-electron chi connectivity index (χ1n) is 14.0. The molecule has 4 aromatic rings. The van der Waals surface area contributed by atoms with Crippen molar-refractivity contribution in [3.63, 3.8) is 0 Å². The second-order valence-corrected chi connectivity index (χ2v) is 11.1. The average molecular weight is 529 g/mol. The zero-order valence-electron chi connectivity index (χ0n) is 21.9. The van der Waals surface area contributed by atoms with E-state index in [1.807, 2.05) is 24.3 Å². The van der Waals surface area contributed by atoms with Crippen molar-refractivity contribution >= 4 is 27.5 Å². The fourth-order valence-electron chi connectivity index (χ4n) is 6.72. The monoisotopic (exact) mass is 528 g/mol. The molecule has 0 spiro atoms. The minimum Gasteiger partial charge on any atom is -0.508 e. The molecule has 39 heavy (non-hydrogen) atoms. The van der Waals surface area contributed by atoms with Crippen LogP contribution >= 0.6 is 0 Å². The third kappa shape index (κ3) is 4.43. The van der Waals surface area contributed by atoms with Gasteiger partial charge in [0.1, 0.15) is 29.4 Å². The van der Waals surface area contributed by atoms with E-state index >= 15 is 4.39 Å². The maximum atomic E-state index is 16.4. The topological polar surface area (TPSA) is 95.4 Å². The number of aromatic nitrogens is 3. The van der Waals surface area contributed by atoms with E-state index < -0.39 is 5.82 Å². The van der Waals surface area contributed by atoms with Crippen LogP contribution in [0.3, 0.4) is 0 Å². The van der Waals surface area contributed by atoms with Gasteiger partial charge in [0.25, 0.3) is 0 Å². The van der Waals surface area contributed by atoms with Gasteiger partial charge in [0.05, 0.1) is 10.9 Å². The Morgan fingerprint density at radius 3 is 2.77 bits per heavy atom. The van der Waals surface area contributed by atoms with E-state index in [0.717, 1.165) is 62.6 Å². The van der Waals surface area contributed by atoms with Crippen LogP contribution in [0, 0.1) is 5.82 Å². The van der Waals surface area contributed by atoms with E-state index in [-0.39, 0.29) is 34.6 Å². The number of phenolic OH excluding ortho intramolecular Hbond substituents is 1. The molecule has 5 heterocycles. The van der Waals surface area contributed by atoms with Gasteiger partial charge in [-0.1, -0.05) is 24.3 Å². The normalized spacial score (nSPS) is 20.9. The van der Waals surface area contributed by atoms with E-state index in [4.69, 9.17) is 9.72 Å². The average Bonchev–Trinajstić information content (AvgIpc) is 3.53. The van der Waals surface area contributed by atoms with Gasteiger partial charge in [-0.3, -0.25) is 9.88 Å². The Balaban J connectivity index is 1.32. The summed E-state index contributed by atoms with van der Waals surface area (Å²) in [4.78, 5) is 16.4. The zero-order valence-corrected chi connectivity index (χ0v) is 21.9. The lowest BCUT2D eigenvalue weighted by Gasteiger charge is -2.31. The van der Waals surface area contributed by atoms with Crippen LogP contribution in [0.5, 0.6) is 11.8 Å². The van der Waals surface area contributed by atoms with Gasteiger partial charge in [-0.15, -0.1) is 0 Å². The third-order valence-electron chi connectivity index (χ3n) is 8.68. The van der Waals surface area contributed by atoms with E-state index in [2.05, 4.69) is 25.5 Å². The van der Waals surface area contributed by atoms with Gasteiger partial charge >= 0.3 is 6.01 Å². The van der Waals surface area contributed by atoms with Crippen molar-refractivity contribution in [2.45, 2.75) is 50.1 Å². The molecule has 3 aliphatic rings. The number of nitrogens with one attached hydrogen (secondary N) is 2. The summed E-state index contributed by atoms with van der Waals surface area (Å²) in [6.45, 7) is 4.51.